The fraction of sp³-hybridized carbons (Fsp3) is 0.385. The first-order valence-corrected chi connectivity index (χ1v) is 6.42. The number of rotatable bonds is 2. The number of carboxylic acids is 1. The molecule has 0 aromatic heterocycles. The predicted octanol–water partition coefficient (Wildman–Crippen LogP) is 0.135. The van der Waals surface area contributed by atoms with E-state index in [1.165, 1.54) is 5.01 Å². The molecule has 0 radical (unpaired) electrons. The summed E-state index contributed by atoms with van der Waals surface area (Å²) in [5.41, 5.74) is 1.38. The number of carbonyl (C=O) groups is 1. The average molecular weight is 276 g/mol. The molecule has 0 aliphatic carbocycles. The van der Waals surface area contributed by atoms with Gasteiger partial charge in [-0.3, -0.25) is 9.80 Å². The summed E-state index contributed by atoms with van der Waals surface area (Å²) in [6.07, 6.45) is -0.862. The van der Waals surface area contributed by atoms with Crippen LogP contribution in [0.2, 0.25) is 0 Å². The number of likely N-dealkylation sites (tertiary alicyclic amines) is 1. The Morgan fingerprint density at radius 3 is 2.80 bits per heavy atom. The summed E-state index contributed by atoms with van der Waals surface area (Å²) in [6.45, 7) is 1.16. The summed E-state index contributed by atoms with van der Waals surface area (Å²) in [4.78, 5) is 16.9. The number of hydrogen-bond donors (Lipinski definition) is 3. The van der Waals surface area contributed by atoms with Gasteiger partial charge in [0.25, 0.3) is 0 Å². The molecule has 7 nitrogen and oxygen atoms in total. The van der Waals surface area contributed by atoms with Crippen LogP contribution in [0.5, 0.6) is 0 Å². The van der Waals surface area contributed by atoms with Gasteiger partial charge in [0.1, 0.15) is 0 Å². The number of aliphatic hydroxyl groups excluding tert-OH is 1. The summed E-state index contributed by atoms with van der Waals surface area (Å²) in [5, 5.41) is 20.2. The number of aliphatic imine (C=N–C) groups is 1. The Bertz CT molecular complexity index is 568. The molecule has 7 heteroatoms. The summed E-state index contributed by atoms with van der Waals surface area (Å²) < 4.78 is 0. The Labute approximate surface area is 115 Å². The zero-order valence-electron chi connectivity index (χ0n) is 10.8. The second-order valence-corrected chi connectivity index (χ2v) is 5.11. The molecule has 1 aromatic carbocycles. The fourth-order valence-electron chi connectivity index (χ4n) is 2.58. The zero-order valence-corrected chi connectivity index (χ0v) is 10.8. The monoisotopic (exact) mass is 276 g/mol. The molecule has 4 N–H and O–H groups in total. The number of nitrogens with zero attached hydrogens (tertiary/aromatic N) is 3. The minimum atomic E-state index is -1.00. The van der Waals surface area contributed by atoms with Crippen molar-refractivity contribution in [2.75, 3.05) is 18.1 Å². The fourth-order valence-corrected chi connectivity index (χ4v) is 2.58. The van der Waals surface area contributed by atoms with Gasteiger partial charge in [-0.1, -0.05) is 12.1 Å². The number of hydrazine groups is 1. The van der Waals surface area contributed by atoms with E-state index >= 15 is 0 Å². The number of carboxylic acid groups (broad SMARTS) is 1. The third kappa shape index (κ3) is 2.10. The molecule has 1 fully saturated rings. The smallest absolute Gasteiger partial charge is 0.303 e. The molecule has 2 heterocycles. The van der Waals surface area contributed by atoms with Crippen LogP contribution in [0, 0.1) is 5.92 Å². The van der Waals surface area contributed by atoms with Crippen LogP contribution in [0.4, 0.5) is 11.4 Å². The molecule has 0 spiro atoms. The highest BCUT2D eigenvalue weighted by Gasteiger charge is 2.37. The Morgan fingerprint density at radius 1 is 1.40 bits per heavy atom. The van der Waals surface area contributed by atoms with Gasteiger partial charge >= 0.3 is 5.97 Å². The second-order valence-electron chi connectivity index (χ2n) is 5.11. The van der Waals surface area contributed by atoms with Gasteiger partial charge in [-0.2, -0.15) is 0 Å². The first-order valence-electron chi connectivity index (χ1n) is 6.42. The Morgan fingerprint density at radius 2 is 2.10 bits per heavy atom. The lowest BCUT2D eigenvalue weighted by molar-refractivity contribution is -0.139. The number of aliphatic carboxylic acids is 1. The first kappa shape index (κ1) is 12.9. The SMILES string of the molecule is NN1c2ccccc2N=C(N2CC(CC(=O)O)C2)C1O. The number of benzene rings is 1. The maximum atomic E-state index is 10.6. The van der Waals surface area contributed by atoms with Crippen molar-refractivity contribution in [3.63, 3.8) is 0 Å². The number of anilines is 1. The average Bonchev–Trinajstić information content (AvgIpc) is 2.38. The van der Waals surface area contributed by atoms with Crippen LogP contribution in [0.25, 0.3) is 0 Å². The Balaban J connectivity index is 1.78. The van der Waals surface area contributed by atoms with Crippen molar-refractivity contribution < 1.29 is 15.0 Å². The third-order valence-electron chi connectivity index (χ3n) is 3.63. The number of fused-ring (bicyclic) bond motifs is 1. The van der Waals surface area contributed by atoms with E-state index in [0.717, 1.165) is 0 Å². The van der Waals surface area contributed by atoms with Crippen molar-refractivity contribution in [2.24, 2.45) is 16.8 Å². The molecule has 0 saturated carbocycles. The number of hydrogen-bond acceptors (Lipinski definition) is 6. The highest BCUT2D eigenvalue weighted by Crippen LogP contribution is 2.34. The Hall–Kier alpha value is -2.12. The van der Waals surface area contributed by atoms with Gasteiger partial charge in [0.2, 0.25) is 0 Å². The van der Waals surface area contributed by atoms with Crippen LogP contribution >= 0.6 is 0 Å². The lowest BCUT2D eigenvalue weighted by atomic mass is 9.96. The van der Waals surface area contributed by atoms with Crippen LogP contribution in [-0.4, -0.2) is 46.2 Å². The van der Waals surface area contributed by atoms with Crippen molar-refractivity contribution in [1.82, 2.24) is 4.90 Å². The van der Waals surface area contributed by atoms with Crippen molar-refractivity contribution >= 4 is 23.2 Å². The molecule has 1 aromatic rings. The minimum Gasteiger partial charge on any atom is -0.481 e. The Kier molecular flexibility index (Phi) is 3.07. The maximum Gasteiger partial charge on any atom is 0.303 e. The molecule has 3 rings (SSSR count). The van der Waals surface area contributed by atoms with Crippen LogP contribution < -0.4 is 10.9 Å². The van der Waals surface area contributed by atoms with Gasteiger partial charge < -0.3 is 15.1 Å². The van der Waals surface area contributed by atoms with Crippen molar-refractivity contribution in [3.05, 3.63) is 24.3 Å². The molecule has 0 amide bonds. The molecule has 2 aliphatic heterocycles. The standard InChI is InChI=1S/C13H16N4O3/c14-17-10-4-2-1-3-9(10)15-12(13(17)20)16-6-8(7-16)5-11(18)19/h1-4,8,13,20H,5-7,14H2,(H,18,19). The van der Waals surface area contributed by atoms with E-state index in [9.17, 15) is 9.90 Å². The maximum absolute atomic E-state index is 10.6. The first-order chi connectivity index (χ1) is 9.56. The minimum absolute atomic E-state index is 0.103. The van der Waals surface area contributed by atoms with E-state index in [0.29, 0.717) is 30.3 Å². The van der Waals surface area contributed by atoms with E-state index in [1.54, 1.807) is 6.07 Å². The summed E-state index contributed by atoms with van der Waals surface area (Å²) in [6, 6.07) is 7.31. The van der Waals surface area contributed by atoms with Gasteiger partial charge in [-0.25, -0.2) is 10.8 Å². The molecule has 2 aliphatic rings. The second kappa shape index (κ2) is 4.77. The van der Waals surface area contributed by atoms with Gasteiger partial charge in [-0.05, 0) is 12.1 Å². The molecular formula is C13H16N4O3. The van der Waals surface area contributed by atoms with Crippen LogP contribution in [-0.2, 0) is 4.79 Å². The molecule has 106 valence electrons. The highest BCUT2D eigenvalue weighted by atomic mass is 16.4. The van der Waals surface area contributed by atoms with Crippen molar-refractivity contribution in [3.8, 4) is 0 Å². The number of aliphatic hydroxyl groups is 1. The predicted molar refractivity (Wildman–Crippen MR) is 73.5 cm³/mol. The normalized spacial score (nSPS) is 22.1. The lowest BCUT2D eigenvalue weighted by Gasteiger charge is -2.44. The third-order valence-corrected chi connectivity index (χ3v) is 3.63. The molecule has 1 atom stereocenters. The van der Waals surface area contributed by atoms with Gasteiger partial charge in [0, 0.05) is 19.0 Å². The molecule has 0 bridgehead atoms. The quantitative estimate of drug-likeness (QED) is 0.664. The lowest BCUT2D eigenvalue weighted by Crippen LogP contribution is -2.59. The van der Waals surface area contributed by atoms with Crippen LogP contribution in [0.15, 0.2) is 29.3 Å². The van der Waals surface area contributed by atoms with E-state index < -0.39 is 12.2 Å². The van der Waals surface area contributed by atoms with Crippen molar-refractivity contribution in [2.45, 2.75) is 12.6 Å². The van der Waals surface area contributed by atoms with E-state index in [1.807, 2.05) is 23.1 Å². The molecule has 1 saturated heterocycles. The topological polar surface area (TPSA) is 102 Å². The summed E-state index contributed by atoms with van der Waals surface area (Å²) >= 11 is 0. The van der Waals surface area contributed by atoms with Crippen molar-refractivity contribution in [1.29, 1.82) is 0 Å². The largest absolute Gasteiger partial charge is 0.481 e. The van der Waals surface area contributed by atoms with Crippen LogP contribution in [0.1, 0.15) is 6.42 Å². The number of amidine groups is 1. The van der Waals surface area contributed by atoms with E-state index in [-0.39, 0.29) is 12.3 Å². The zero-order chi connectivity index (χ0) is 14.3. The van der Waals surface area contributed by atoms with Gasteiger partial charge in [0.05, 0.1) is 17.8 Å². The molecule has 1 unspecified atom stereocenters. The number of para-hydroxylation sites is 2. The summed E-state index contributed by atoms with van der Waals surface area (Å²) in [5.74, 6) is 5.68. The van der Waals surface area contributed by atoms with E-state index in [2.05, 4.69) is 4.99 Å². The number of nitrogens with two attached hydrogens (primary N) is 1. The molecule has 20 heavy (non-hydrogen) atoms. The van der Waals surface area contributed by atoms with E-state index in [4.69, 9.17) is 10.9 Å². The summed E-state index contributed by atoms with van der Waals surface area (Å²) in [7, 11) is 0. The highest BCUT2D eigenvalue weighted by molar-refractivity contribution is 5.96. The van der Waals surface area contributed by atoms with Crippen LogP contribution in [0.3, 0.4) is 0 Å². The molecular weight excluding hydrogens is 260 g/mol. The van der Waals surface area contributed by atoms with Gasteiger partial charge in [0.15, 0.2) is 12.1 Å². The van der Waals surface area contributed by atoms with Gasteiger partial charge in [-0.15, -0.1) is 0 Å².